The molecule has 0 unspecified atom stereocenters. The fourth-order valence-corrected chi connectivity index (χ4v) is 1.76. The molecule has 1 fully saturated rings. The van der Waals surface area contributed by atoms with Gasteiger partial charge in [0, 0.05) is 13.1 Å². The maximum absolute atomic E-state index is 7.82. The van der Waals surface area contributed by atoms with Crippen LogP contribution in [0.2, 0.25) is 0 Å². The van der Waals surface area contributed by atoms with E-state index in [0.717, 1.165) is 18.8 Å². The Morgan fingerprint density at radius 1 is 1.07 bits per heavy atom. The van der Waals surface area contributed by atoms with Crippen LogP contribution in [0.15, 0.2) is 30.3 Å². The second-order valence-corrected chi connectivity index (χ2v) is 3.77. The average Bonchev–Trinajstić information content (AvgIpc) is 2.31. The molecule has 80 valence electrons. The first kappa shape index (κ1) is 10.0. The van der Waals surface area contributed by atoms with Crippen LogP contribution in [0.25, 0.3) is 0 Å². The van der Waals surface area contributed by atoms with Gasteiger partial charge in [-0.25, -0.2) is 0 Å². The number of hydrogen-bond donors (Lipinski definition) is 1. The van der Waals surface area contributed by atoms with Crippen molar-refractivity contribution in [3.05, 3.63) is 30.3 Å². The summed E-state index contributed by atoms with van der Waals surface area (Å²) in [5, 5.41) is 7.82. The van der Waals surface area contributed by atoms with Crippen LogP contribution in [0.1, 0.15) is 19.3 Å². The van der Waals surface area contributed by atoms with E-state index in [4.69, 9.17) is 10.1 Å². The van der Waals surface area contributed by atoms with Gasteiger partial charge in [-0.2, -0.15) is 0 Å². The van der Waals surface area contributed by atoms with Gasteiger partial charge in [-0.15, -0.1) is 0 Å². The SMILES string of the molecule is N=C(Oc1ccccc1)N1CCCCC1. The van der Waals surface area contributed by atoms with E-state index in [1.165, 1.54) is 19.3 Å². The molecule has 0 radical (unpaired) electrons. The number of para-hydroxylation sites is 1. The predicted octanol–water partition coefficient (Wildman–Crippen LogP) is 2.49. The number of ether oxygens (including phenoxy) is 1. The van der Waals surface area contributed by atoms with Crippen LogP contribution in [0.4, 0.5) is 0 Å². The maximum atomic E-state index is 7.82. The zero-order valence-electron chi connectivity index (χ0n) is 8.78. The molecule has 0 bridgehead atoms. The molecule has 1 heterocycles. The van der Waals surface area contributed by atoms with Gasteiger partial charge in [0.1, 0.15) is 5.75 Å². The van der Waals surface area contributed by atoms with Crippen molar-refractivity contribution >= 4 is 6.02 Å². The standard InChI is InChI=1S/C12H16N2O/c13-12(14-9-5-2-6-10-14)15-11-7-3-1-4-8-11/h1,3-4,7-8,13H,2,5-6,9-10H2. The summed E-state index contributed by atoms with van der Waals surface area (Å²) in [7, 11) is 0. The molecular weight excluding hydrogens is 188 g/mol. The molecule has 1 N–H and O–H groups in total. The molecule has 15 heavy (non-hydrogen) atoms. The summed E-state index contributed by atoms with van der Waals surface area (Å²) < 4.78 is 5.46. The van der Waals surface area contributed by atoms with Crippen LogP contribution >= 0.6 is 0 Å². The van der Waals surface area contributed by atoms with Crippen LogP contribution < -0.4 is 4.74 Å². The van der Waals surface area contributed by atoms with Crippen molar-refractivity contribution in [1.82, 2.24) is 4.90 Å². The van der Waals surface area contributed by atoms with Gasteiger partial charge in [0.05, 0.1) is 0 Å². The first-order valence-corrected chi connectivity index (χ1v) is 5.42. The van der Waals surface area contributed by atoms with Crippen molar-refractivity contribution in [2.24, 2.45) is 0 Å². The quantitative estimate of drug-likeness (QED) is 0.563. The number of nitrogens with zero attached hydrogens (tertiary/aromatic N) is 1. The van der Waals surface area contributed by atoms with Gasteiger partial charge in [0.15, 0.2) is 0 Å². The predicted molar refractivity (Wildman–Crippen MR) is 60.2 cm³/mol. The molecule has 3 nitrogen and oxygen atoms in total. The van der Waals surface area contributed by atoms with Crippen molar-refractivity contribution in [1.29, 1.82) is 5.41 Å². The first-order chi connectivity index (χ1) is 7.36. The summed E-state index contributed by atoms with van der Waals surface area (Å²) in [5.41, 5.74) is 0. The highest BCUT2D eigenvalue weighted by atomic mass is 16.5. The van der Waals surface area contributed by atoms with Gasteiger partial charge in [-0.3, -0.25) is 5.41 Å². The van der Waals surface area contributed by atoms with Gasteiger partial charge in [-0.1, -0.05) is 18.2 Å². The molecule has 0 aromatic heterocycles. The van der Waals surface area contributed by atoms with Gasteiger partial charge < -0.3 is 9.64 Å². The number of likely N-dealkylation sites (tertiary alicyclic amines) is 1. The lowest BCUT2D eigenvalue weighted by Crippen LogP contribution is -2.38. The Labute approximate surface area is 90.2 Å². The number of rotatable bonds is 1. The molecule has 0 spiro atoms. The fraction of sp³-hybridized carbons (Fsp3) is 0.417. The van der Waals surface area contributed by atoms with Crippen LogP contribution in [0, 0.1) is 5.41 Å². The van der Waals surface area contributed by atoms with Crippen molar-refractivity contribution in [2.45, 2.75) is 19.3 Å². The van der Waals surface area contributed by atoms with E-state index in [1.54, 1.807) is 0 Å². The Morgan fingerprint density at radius 3 is 2.40 bits per heavy atom. The number of hydrogen-bond acceptors (Lipinski definition) is 2. The minimum absolute atomic E-state index is 0.279. The van der Waals surface area contributed by atoms with Crippen LogP contribution in [0.5, 0.6) is 5.75 Å². The third-order valence-corrected chi connectivity index (χ3v) is 2.60. The number of piperidine rings is 1. The Bertz CT molecular complexity index is 318. The molecule has 0 saturated carbocycles. The average molecular weight is 204 g/mol. The molecule has 1 aliphatic heterocycles. The van der Waals surface area contributed by atoms with Crippen molar-refractivity contribution in [3.63, 3.8) is 0 Å². The van der Waals surface area contributed by atoms with Crippen molar-refractivity contribution in [2.75, 3.05) is 13.1 Å². The monoisotopic (exact) mass is 204 g/mol. The lowest BCUT2D eigenvalue weighted by molar-refractivity contribution is 0.288. The zero-order valence-corrected chi connectivity index (χ0v) is 8.78. The van der Waals surface area contributed by atoms with Gasteiger partial charge in [0.25, 0.3) is 6.02 Å². The van der Waals surface area contributed by atoms with E-state index in [2.05, 4.69) is 0 Å². The summed E-state index contributed by atoms with van der Waals surface area (Å²) in [4.78, 5) is 2.00. The molecule has 0 aliphatic carbocycles. The van der Waals surface area contributed by atoms with Crippen molar-refractivity contribution in [3.8, 4) is 5.75 Å². The number of amidine groups is 1. The molecular formula is C12H16N2O. The normalized spacial score (nSPS) is 16.1. The lowest BCUT2D eigenvalue weighted by atomic mass is 10.1. The summed E-state index contributed by atoms with van der Waals surface area (Å²) >= 11 is 0. The summed E-state index contributed by atoms with van der Waals surface area (Å²) in [6, 6.07) is 9.80. The third-order valence-electron chi connectivity index (χ3n) is 2.60. The molecule has 0 atom stereocenters. The second-order valence-electron chi connectivity index (χ2n) is 3.77. The maximum Gasteiger partial charge on any atom is 0.289 e. The Balaban J connectivity index is 1.91. The Kier molecular flexibility index (Phi) is 3.22. The van der Waals surface area contributed by atoms with Crippen LogP contribution in [-0.4, -0.2) is 24.0 Å². The van der Waals surface area contributed by atoms with E-state index in [0.29, 0.717) is 0 Å². The summed E-state index contributed by atoms with van der Waals surface area (Å²) in [6.07, 6.45) is 3.61. The van der Waals surface area contributed by atoms with Gasteiger partial charge in [-0.05, 0) is 31.4 Å². The van der Waals surface area contributed by atoms with Crippen LogP contribution in [-0.2, 0) is 0 Å². The largest absolute Gasteiger partial charge is 0.426 e. The highest BCUT2D eigenvalue weighted by molar-refractivity contribution is 5.73. The second kappa shape index (κ2) is 4.82. The molecule has 3 heteroatoms. The van der Waals surface area contributed by atoms with E-state index in [1.807, 2.05) is 35.2 Å². The Hall–Kier alpha value is -1.51. The highest BCUT2D eigenvalue weighted by Gasteiger charge is 2.14. The Morgan fingerprint density at radius 2 is 1.73 bits per heavy atom. The van der Waals surface area contributed by atoms with Crippen LogP contribution in [0.3, 0.4) is 0 Å². The molecule has 1 aromatic carbocycles. The van der Waals surface area contributed by atoms with Gasteiger partial charge >= 0.3 is 0 Å². The third kappa shape index (κ3) is 2.72. The minimum atomic E-state index is 0.279. The number of nitrogens with one attached hydrogen (secondary N) is 1. The highest BCUT2D eigenvalue weighted by Crippen LogP contribution is 2.13. The topological polar surface area (TPSA) is 36.3 Å². The van der Waals surface area contributed by atoms with E-state index in [-0.39, 0.29) is 6.02 Å². The van der Waals surface area contributed by atoms with Crippen molar-refractivity contribution < 1.29 is 4.74 Å². The van der Waals surface area contributed by atoms with E-state index in [9.17, 15) is 0 Å². The van der Waals surface area contributed by atoms with Gasteiger partial charge in [0.2, 0.25) is 0 Å². The molecule has 0 amide bonds. The minimum Gasteiger partial charge on any atom is -0.426 e. The molecule has 1 aromatic rings. The number of benzene rings is 1. The first-order valence-electron chi connectivity index (χ1n) is 5.42. The fourth-order valence-electron chi connectivity index (χ4n) is 1.76. The lowest BCUT2D eigenvalue weighted by Gasteiger charge is -2.27. The molecule has 2 rings (SSSR count). The summed E-state index contributed by atoms with van der Waals surface area (Å²) in [6.45, 7) is 1.90. The zero-order chi connectivity index (χ0) is 10.5. The summed E-state index contributed by atoms with van der Waals surface area (Å²) in [5.74, 6) is 0.744. The van der Waals surface area contributed by atoms with E-state index < -0.39 is 0 Å². The molecule has 1 aliphatic rings. The molecule has 1 saturated heterocycles. The van der Waals surface area contributed by atoms with E-state index >= 15 is 0 Å². The smallest absolute Gasteiger partial charge is 0.289 e.